The lowest BCUT2D eigenvalue weighted by Crippen LogP contribution is -2.45. The maximum atomic E-state index is 9.35. The molecule has 1 aliphatic rings. The number of likely N-dealkylation sites (tertiary alicyclic amines) is 1. The van der Waals surface area contributed by atoms with Crippen LogP contribution >= 0.6 is 0 Å². The zero-order valence-electron chi connectivity index (χ0n) is 15.7. The summed E-state index contributed by atoms with van der Waals surface area (Å²) in [5, 5.41) is 16.2. The number of nitrogens with one attached hydrogen (secondary N) is 2. The van der Waals surface area contributed by atoms with Crippen LogP contribution in [-0.4, -0.2) is 61.3 Å². The summed E-state index contributed by atoms with van der Waals surface area (Å²) in [7, 11) is 0. The summed E-state index contributed by atoms with van der Waals surface area (Å²) in [5.41, 5.74) is 0.125. The van der Waals surface area contributed by atoms with Crippen LogP contribution in [0, 0.1) is 5.41 Å². The van der Waals surface area contributed by atoms with Gasteiger partial charge < -0.3 is 15.7 Å². The van der Waals surface area contributed by atoms with E-state index in [1.54, 1.807) is 0 Å². The summed E-state index contributed by atoms with van der Waals surface area (Å²) >= 11 is 0. The number of rotatable bonds is 10. The van der Waals surface area contributed by atoms with Crippen molar-refractivity contribution in [2.24, 2.45) is 10.4 Å². The van der Waals surface area contributed by atoms with Gasteiger partial charge in [-0.05, 0) is 57.5 Å². The van der Waals surface area contributed by atoms with E-state index in [0.29, 0.717) is 6.04 Å². The Hall–Kier alpha value is -0.810. The molecule has 1 saturated heterocycles. The Morgan fingerprint density at radius 1 is 1.22 bits per heavy atom. The summed E-state index contributed by atoms with van der Waals surface area (Å²) in [5.74, 6) is 0.916. The molecule has 0 aromatic carbocycles. The van der Waals surface area contributed by atoms with E-state index in [1.807, 2.05) is 0 Å². The third-order valence-electron chi connectivity index (χ3n) is 5.47. The molecule has 0 spiro atoms. The lowest BCUT2D eigenvalue weighted by Gasteiger charge is -2.30. The van der Waals surface area contributed by atoms with Crippen molar-refractivity contribution in [2.75, 3.05) is 39.3 Å². The van der Waals surface area contributed by atoms with E-state index in [0.717, 1.165) is 51.4 Å². The first-order valence-corrected chi connectivity index (χ1v) is 9.51. The minimum absolute atomic E-state index is 0.125. The second kappa shape index (κ2) is 10.9. The van der Waals surface area contributed by atoms with Crippen LogP contribution < -0.4 is 10.6 Å². The van der Waals surface area contributed by atoms with Crippen molar-refractivity contribution in [1.29, 1.82) is 0 Å². The van der Waals surface area contributed by atoms with Gasteiger partial charge in [0.2, 0.25) is 0 Å². The second-order valence-corrected chi connectivity index (χ2v) is 6.68. The maximum absolute atomic E-state index is 9.35. The fourth-order valence-corrected chi connectivity index (χ4v) is 3.49. The third-order valence-corrected chi connectivity index (χ3v) is 5.47. The highest BCUT2D eigenvalue weighted by molar-refractivity contribution is 5.79. The van der Waals surface area contributed by atoms with Crippen LogP contribution in [0.5, 0.6) is 0 Å². The van der Waals surface area contributed by atoms with E-state index < -0.39 is 0 Å². The van der Waals surface area contributed by atoms with Crippen LogP contribution in [0.15, 0.2) is 4.99 Å². The first-order valence-electron chi connectivity index (χ1n) is 9.51. The van der Waals surface area contributed by atoms with E-state index in [-0.39, 0.29) is 12.0 Å². The van der Waals surface area contributed by atoms with Gasteiger partial charge in [0.1, 0.15) is 0 Å². The fraction of sp³-hybridized carbons (Fsp3) is 0.944. The Labute approximate surface area is 142 Å². The van der Waals surface area contributed by atoms with Gasteiger partial charge in [-0.3, -0.25) is 9.89 Å². The van der Waals surface area contributed by atoms with Crippen LogP contribution in [0.25, 0.3) is 0 Å². The fourth-order valence-electron chi connectivity index (χ4n) is 3.49. The smallest absolute Gasteiger partial charge is 0.191 e. The number of aliphatic hydroxyl groups excluding tert-OH is 1. The molecule has 5 nitrogen and oxygen atoms in total. The second-order valence-electron chi connectivity index (χ2n) is 6.68. The monoisotopic (exact) mass is 326 g/mol. The molecule has 136 valence electrons. The van der Waals surface area contributed by atoms with Crippen molar-refractivity contribution in [1.82, 2.24) is 15.5 Å². The van der Waals surface area contributed by atoms with Crippen molar-refractivity contribution in [3.05, 3.63) is 0 Å². The summed E-state index contributed by atoms with van der Waals surface area (Å²) in [6.07, 6.45) is 5.52. The maximum Gasteiger partial charge on any atom is 0.191 e. The van der Waals surface area contributed by atoms with Crippen LogP contribution in [0.3, 0.4) is 0 Å². The normalized spacial score (nSPS) is 20.0. The number of aliphatic hydroxyl groups is 1. The van der Waals surface area contributed by atoms with Crippen molar-refractivity contribution in [3.8, 4) is 0 Å². The molecule has 0 radical (unpaired) electrons. The zero-order valence-corrected chi connectivity index (χ0v) is 15.7. The lowest BCUT2D eigenvalue weighted by molar-refractivity contribution is 0.175. The Morgan fingerprint density at radius 2 is 1.96 bits per heavy atom. The highest BCUT2D eigenvalue weighted by Crippen LogP contribution is 2.30. The molecule has 3 N–H and O–H groups in total. The number of hydrogen-bond donors (Lipinski definition) is 3. The van der Waals surface area contributed by atoms with Gasteiger partial charge in [-0.1, -0.05) is 20.8 Å². The Morgan fingerprint density at radius 3 is 2.52 bits per heavy atom. The largest absolute Gasteiger partial charge is 0.396 e. The molecule has 1 atom stereocenters. The number of guanidine groups is 1. The SMILES string of the molecule is CCNC(=NCC(CC)(CC)CCO)NCC1CCCN1CC. The van der Waals surface area contributed by atoms with E-state index in [2.05, 4.69) is 43.2 Å². The Balaban J connectivity index is 2.61. The molecule has 0 aromatic heterocycles. The molecular weight excluding hydrogens is 288 g/mol. The van der Waals surface area contributed by atoms with E-state index >= 15 is 0 Å². The predicted octanol–water partition coefficient (Wildman–Crippen LogP) is 2.21. The molecule has 0 bridgehead atoms. The third kappa shape index (κ3) is 6.30. The van der Waals surface area contributed by atoms with Crippen LogP contribution in [0.1, 0.15) is 59.8 Å². The van der Waals surface area contributed by atoms with Crippen molar-refractivity contribution in [3.63, 3.8) is 0 Å². The van der Waals surface area contributed by atoms with Crippen LogP contribution in [0.2, 0.25) is 0 Å². The van der Waals surface area contributed by atoms with Gasteiger partial charge >= 0.3 is 0 Å². The van der Waals surface area contributed by atoms with Gasteiger partial charge in [-0.25, -0.2) is 0 Å². The van der Waals surface area contributed by atoms with Gasteiger partial charge in [-0.2, -0.15) is 0 Å². The van der Waals surface area contributed by atoms with Crippen molar-refractivity contribution >= 4 is 5.96 Å². The molecular formula is C18H38N4O. The Kier molecular flexibility index (Phi) is 9.56. The van der Waals surface area contributed by atoms with E-state index in [4.69, 9.17) is 4.99 Å². The molecule has 23 heavy (non-hydrogen) atoms. The van der Waals surface area contributed by atoms with Crippen LogP contribution in [0.4, 0.5) is 0 Å². The first-order chi connectivity index (χ1) is 11.1. The molecule has 5 heteroatoms. The molecule has 0 aromatic rings. The number of aliphatic imine (C=N–C) groups is 1. The summed E-state index contributed by atoms with van der Waals surface area (Å²) < 4.78 is 0. The van der Waals surface area contributed by atoms with Gasteiger partial charge in [0.25, 0.3) is 0 Å². The first kappa shape index (κ1) is 20.2. The zero-order chi connectivity index (χ0) is 17.1. The van der Waals surface area contributed by atoms with Gasteiger partial charge in [0.05, 0.1) is 0 Å². The summed E-state index contributed by atoms with van der Waals surface area (Å²) in [6, 6.07) is 0.628. The highest BCUT2D eigenvalue weighted by atomic mass is 16.3. The number of nitrogens with zero attached hydrogens (tertiary/aromatic N) is 2. The quantitative estimate of drug-likeness (QED) is 0.425. The molecule has 1 aliphatic heterocycles. The van der Waals surface area contributed by atoms with E-state index in [1.165, 1.54) is 19.4 Å². The number of likely N-dealkylation sites (N-methyl/N-ethyl adjacent to an activating group) is 1. The molecule has 1 unspecified atom stereocenters. The predicted molar refractivity (Wildman–Crippen MR) is 99.0 cm³/mol. The molecule has 1 rings (SSSR count). The standard InChI is InChI=1S/C18H38N4O/c1-5-18(6-2,11-13-23)15-21-17(19-7-3)20-14-16-10-9-12-22(16)8-4/h16,23H,5-15H2,1-4H3,(H2,19,20,21). The lowest BCUT2D eigenvalue weighted by atomic mass is 9.79. The van der Waals surface area contributed by atoms with Crippen molar-refractivity contribution in [2.45, 2.75) is 65.8 Å². The van der Waals surface area contributed by atoms with E-state index in [9.17, 15) is 5.11 Å². The minimum atomic E-state index is 0.125. The molecule has 0 amide bonds. The average molecular weight is 327 g/mol. The van der Waals surface area contributed by atoms with Gasteiger partial charge in [-0.15, -0.1) is 0 Å². The molecule has 1 heterocycles. The van der Waals surface area contributed by atoms with Gasteiger partial charge in [0, 0.05) is 32.3 Å². The van der Waals surface area contributed by atoms with Crippen LogP contribution in [-0.2, 0) is 0 Å². The Bertz CT molecular complexity index is 342. The molecule has 0 aliphatic carbocycles. The summed E-state index contributed by atoms with van der Waals surface area (Å²) in [6.45, 7) is 14.0. The summed E-state index contributed by atoms with van der Waals surface area (Å²) in [4.78, 5) is 7.37. The number of hydrogen-bond acceptors (Lipinski definition) is 3. The van der Waals surface area contributed by atoms with Crippen molar-refractivity contribution < 1.29 is 5.11 Å². The topological polar surface area (TPSA) is 59.9 Å². The molecule has 1 fully saturated rings. The van der Waals surface area contributed by atoms with Gasteiger partial charge in [0.15, 0.2) is 5.96 Å². The minimum Gasteiger partial charge on any atom is -0.396 e. The molecule has 0 saturated carbocycles. The average Bonchev–Trinajstić information content (AvgIpc) is 3.03. The highest BCUT2D eigenvalue weighted by Gasteiger charge is 2.26.